The molecule has 19 heavy (non-hydrogen) atoms. The highest BCUT2D eigenvalue weighted by Gasteiger charge is 2.29. The molecule has 0 spiro atoms. The van der Waals surface area contributed by atoms with E-state index in [9.17, 15) is 4.79 Å². The molecule has 1 saturated heterocycles. The van der Waals surface area contributed by atoms with Gasteiger partial charge in [0.15, 0.2) is 0 Å². The highest BCUT2D eigenvalue weighted by molar-refractivity contribution is 5.92. The highest BCUT2D eigenvalue weighted by Crippen LogP contribution is 2.26. The maximum absolute atomic E-state index is 12.3. The molecule has 6 heteroatoms. The van der Waals surface area contributed by atoms with Gasteiger partial charge < -0.3 is 4.90 Å². The SMILES string of the molecule is Cc1cnc(C(=O)N2CCC(c3ccn[nH]3)C2)cn1. The smallest absolute Gasteiger partial charge is 0.274 e. The number of likely N-dealkylation sites (tertiary alicyclic amines) is 1. The molecule has 0 saturated carbocycles. The van der Waals surface area contributed by atoms with Gasteiger partial charge in [-0.3, -0.25) is 14.9 Å². The van der Waals surface area contributed by atoms with E-state index in [1.807, 2.05) is 17.9 Å². The van der Waals surface area contributed by atoms with Crippen LogP contribution in [0.3, 0.4) is 0 Å². The van der Waals surface area contributed by atoms with Crippen LogP contribution in [0.5, 0.6) is 0 Å². The molecule has 1 aliphatic rings. The quantitative estimate of drug-likeness (QED) is 0.875. The van der Waals surface area contributed by atoms with Gasteiger partial charge in [-0.15, -0.1) is 0 Å². The lowest BCUT2D eigenvalue weighted by atomic mass is 10.1. The molecule has 1 atom stereocenters. The fourth-order valence-electron chi connectivity index (χ4n) is 2.36. The lowest BCUT2D eigenvalue weighted by Crippen LogP contribution is -2.29. The maximum atomic E-state index is 12.3. The summed E-state index contributed by atoms with van der Waals surface area (Å²) in [5.41, 5.74) is 2.31. The molecule has 2 aromatic rings. The molecule has 3 heterocycles. The van der Waals surface area contributed by atoms with Gasteiger partial charge in [0, 0.05) is 37.1 Å². The minimum Gasteiger partial charge on any atom is -0.337 e. The Morgan fingerprint density at radius 2 is 2.32 bits per heavy atom. The van der Waals surface area contributed by atoms with Crippen LogP contribution >= 0.6 is 0 Å². The Hall–Kier alpha value is -2.24. The maximum Gasteiger partial charge on any atom is 0.274 e. The van der Waals surface area contributed by atoms with Crippen molar-refractivity contribution in [1.29, 1.82) is 0 Å². The lowest BCUT2D eigenvalue weighted by molar-refractivity contribution is 0.0784. The first kappa shape index (κ1) is 11.8. The summed E-state index contributed by atoms with van der Waals surface area (Å²) in [6.07, 6.45) is 5.86. The zero-order chi connectivity index (χ0) is 13.2. The van der Waals surface area contributed by atoms with Crippen LogP contribution in [-0.2, 0) is 0 Å². The van der Waals surface area contributed by atoms with Crippen LogP contribution in [0.1, 0.15) is 34.2 Å². The zero-order valence-electron chi connectivity index (χ0n) is 10.7. The van der Waals surface area contributed by atoms with E-state index in [0.29, 0.717) is 18.2 Å². The number of rotatable bonds is 2. The van der Waals surface area contributed by atoms with E-state index in [1.54, 1.807) is 18.6 Å². The lowest BCUT2D eigenvalue weighted by Gasteiger charge is -2.15. The van der Waals surface area contributed by atoms with Crippen LogP contribution in [0.2, 0.25) is 0 Å². The summed E-state index contributed by atoms with van der Waals surface area (Å²) in [4.78, 5) is 22.3. The van der Waals surface area contributed by atoms with Gasteiger partial charge >= 0.3 is 0 Å². The van der Waals surface area contributed by atoms with E-state index >= 15 is 0 Å². The van der Waals surface area contributed by atoms with Gasteiger partial charge in [-0.05, 0) is 19.4 Å². The highest BCUT2D eigenvalue weighted by atomic mass is 16.2. The first-order valence-electron chi connectivity index (χ1n) is 6.31. The number of carbonyl (C=O) groups excluding carboxylic acids is 1. The Morgan fingerprint density at radius 1 is 1.42 bits per heavy atom. The molecule has 0 bridgehead atoms. The van der Waals surface area contributed by atoms with E-state index in [4.69, 9.17) is 0 Å². The molecule has 0 radical (unpaired) electrons. The Balaban J connectivity index is 1.71. The van der Waals surface area contributed by atoms with Crippen molar-refractivity contribution in [2.24, 2.45) is 0 Å². The number of hydrogen-bond donors (Lipinski definition) is 1. The van der Waals surface area contributed by atoms with Crippen molar-refractivity contribution < 1.29 is 4.79 Å². The summed E-state index contributed by atoms with van der Waals surface area (Å²) >= 11 is 0. The second kappa shape index (κ2) is 4.79. The molecule has 1 unspecified atom stereocenters. The standard InChI is InChI=1S/C13H15N5O/c1-9-6-15-12(7-14-9)13(19)18-5-3-10(8-18)11-2-4-16-17-11/h2,4,6-7,10H,3,5,8H2,1H3,(H,16,17). The van der Waals surface area contributed by atoms with Crippen LogP contribution in [0.25, 0.3) is 0 Å². The topological polar surface area (TPSA) is 74.8 Å². The number of carbonyl (C=O) groups is 1. The van der Waals surface area contributed by atoms with Crippen LogP contribution in [0, 0.1) is 6.92 Å². The molecule has 98 valence electrons. The van der Waals surface area contributed by atoms with Crippen molar-refractivity contribution in [3.63, 3.8) is 0 Å². The third-order valence-corrected chi connectivity index (χ3v) is 3.44. The van der Waals surface area contributed by atoms with Gasteiger partial charge in [-0.2, -0.15) is 5.10 Å². The van der Waals surface area contributed by atoms with Gasteiger partial charge in [0.1, 0.15) is 5.69 Å². The van der Waals surface area contributed by atoms with Crippen LogP contribution in [-0.4, -0.2) is 44.1 Å². The predicted molar refractivity (Wildman–Crippen MR) is 68.6 cm³/mol. The van der Waals surface area contributed by atoms with Crippen molar-refractivity contribution in [2.75, 3.05) is 13.1 Å². The minimum absolute atomic E-state index is 0.0467. The molecular weight excluding hydrogens is 242 g/mol. The van der Waals surface area contributed by atoms with Crippen molar-refractivity contribution in [3.05, 3.63) is 41.7 Å². The Kier molecular flexibility index (Phi) is 2.98. The Morgan fingerprint density at radius 3 is 3.00 bits per heavy atom. The molecule has 3 rings (SSSR count). The Bertz CT molecular complexity index is 563. The van der Waals surface area contributed by atoms with Gasteiger partial charge in [0.25, 0.3) is 5.91 Å². The Labute approximate surface area is 110 Å². The number of nitrogens with one attached hydrogen (secondary N) is 1. The van der Waals surface area contributed by atoms with Crippen LogP contribution in [0.15, 0.2) is 24.7 Å². The number of amides is 1. The molecule has 0 aliphatic carbocycles. The molecular formula is C13H15N5O. The average molecular weight is 257 g/mol. The summed E-state index contributed by atoms with van der Waals surface area (Å²) < 4.78 is 0. The average Bonchev–Trinajstić information content (AvgIpc) is 3.10. The summed E-state index contributed by atoms with van der Waals surface area (Å²) in [5, 5.41) is 6.92. The normalized spacial score (nSPS) is 18.8. The van der Waals surface area contributed by atoms with Gasteiger partial charge in [0.2, 0.25) is 0 Å². The summed E-state index contributed by atoms with van der Waals surface area (Å²) in [7, 11) is 0. The fourth-order valence-corrected chi connectivity index (χ4v) is 2.36. The van der Waals surface area contributed by atoms with Crippen molar-refractivity contribution in [1.82, 2.24) is 25.1 Å². The molecule has 1 N–H and O–H groups in total. The van der Waals surface area contributed by atoms with Gasteiger partial charge in [-0.25, -0.2) is 4.98 Å². The van der Waals surface area contributed by atoms with Crippen molar-refractivity contribution >= 4 is 5.91 Å². The largest absolute Gasteiger partial charge is 0.337 e. The number of hydrogen-bond acceptors (Lipinski definition) is 4. The third kappa shape index (κ3) is 2.33. The van der Waals surface area contributed by atoms with E-state index in [2.05, 4.69) is 20.2 Å². The van der Waals surface area contributed by atoms with Gasteiger partial charge in [-0.1, -0.05) is 0 Å². The number of nitrogens with zero attached hydrogens (tertiary/aromatic N) is 4. The van der Waals surface area contributed by atoms with E-state index in [0.717, 1.165) is 24.4 Å². The predicted octanol–water partition coefficient (Wildman–Crippen LogP) is 1.14. The number of aromatic nitrogens is 4. The molecule has 2 aromatic heterocycles. The van der Waals surface area contributed by atoms with Gasteiger partial charge in [0.05, 0.1) is 11.9 Å². The number of aromatic amines is 1. The molecule has 1 fully saturated rings. The fraction of sp³-hybridized carbons (Fsp3) is 0.385. The van der Waals surface area contributed by atoms with Crippen molar-refractivity contribution in [2.45, 2.75) is 19.3 Å². The van der Waals surface area contributed by atoms with E-state index < -0.39 is 0 Å². The number of H-pyrrole nitrogens is 1. The summed E-state index contributed by atoms with van der Waals surface area (Å²) in [5.74, 6) is 0.291. The first-order valence-corrected chi connectivity index (χ1v) is 6.31. The molecule has 0 aromatic carbocycles. The van der Waals surface area contributed by atoms with Crippen LogP contribution in [0.4, 0.5) is 0 Å². The number of aryl methyl sites for hydroxylation is 1. The minimum atomic E-state index is -0.0467. The summed E-state index contributed by atoms with van der Waals surface area (Å²) in [6, 6.07) is 1.96. The monoisotopic (exact) mass is 257 g/mol. The second-order valence-corrected chi connectivity index (χ2v) is 4.79. The first-order chi connectivity index (χ1) is 9.24. The molecule has 6 nitrogen and oxygen atoms in total. The third-order valence-electron chi connectivity index (χ3n) is 3.44. The molecule has 1 amide bonds. The summed E-state index contributed by atoms with van der Waals surface area (Å²) in [6.45, 7) is 3.31. The zero-order valence-corrected chi connectivity index (χ0v) is 10.7. The van der Waals surface area contributed by atoms with E-state index in [1.165, 1.54) is 0 Å². The van der Waals surface area contributed by atoms with Crippen molar-refractivity contribution in [3.8, 4) is 0 Å². The van der Waals surface area contributed by atoms with Crippen LogP contribution < -0.4 is 0 Å². The second-order valence-electron chi connectivity index (χ2n) is 4.79. The molecule has 1 aliphatic heterocycles. The van der Waals surface area contributed by atoms with E-state index in [-0.39, 0.29) is 5.91 Å².